The molecule has 0 spiro atoms. The second-order valence-electron chi connectivity index (χ2n) is 5.44. The first-order chi connectivity index (χ1) is 12.2. The second kappa shape index (κ2) is 10.7. The van der Waals surface area contributed by atoms with Crippen LogP contribution in [0.25, 0.3) is 11.2 Å². The third-order valence-corrected chi connectivity index (χ3v) is 4.49. The molecular formula is C16H23N5O3S. The molecule has 0 fully saturated rings. The number of carbonyl (C=O) groups is 2. The van der Waals surface area contributed by atoms with Gasteiger partial charge in [-0.05, 0) is 25.0 Å². The van der Waals surface area contributed by atoms with E-state index in [0.29, 0.717) is 18.7 Å². The Morgan fingerprint density at radius 3 is 2.96 bits per heavy atom. The molecule has 25 heavy (non-hydrogen) atoms. The van der Waals surface area contributed by atoms with Crippen molar-refractivity contribution in [1.82, 2.24) is 25.3 Å². The molecule has 9 heteroatoms. The molecular weight excluding hydrogens is 342 g/mol. The molecule has 0 aliphatic carbocycles. The molecule has 0 unspecified atom stereocenters. The number of imidazole rings is 1. The first kappa shape index (κ1) is 19.2. The zero-order chi connectivity index (χ0) is 17.9. The number of rotatable bonds is 11. The molecule has 2 heterocycles. The smallest absolute Gasteiger partial charge is 0.325 e. The average Bonchev–Trinajstić information content (AvgIpc) is 3.09. The van der Waals surface area contributed by atoms with Crippen LogP contribution in [0, 0.1) is 0 Å². The monoisotopic (exact) mass is 365 g/mol. The summed E-state index contributed by atoms with van der Waals surface area (Å²) in [5.74, 6) is 0.331. The number of carbonyl (C=O) groups excluding carboxylic acids is 2. The Bertz CT molecular complexity index is 691. The van der Waals surface area contributed by atoms with Gasteiger partial charge in [-0.1, -0.05) is 13.3 Å². The Balaban J connectivity index is 1.56. The number of H-pyrrole nitrogens is 1. The van der Waals surface area contributed by atoms with E-state index in [1.807, 2.05) is 6.92 Å². The van der Waals surface area contributed by atoms with Gasteiger partial charge in [0, 0.05) is 6.42 Å². The summed E-state index contributed by atoms with van der Waals surface area (Å²) in [6, 6.07) is 0. The number of aromatic amines is 1. The third-order valence-electron chi connectivity index (χ3n) is 3.42. The number of nitrogens with zero attached hydrogens (tertiary/aromatic N) is 3. The van der Waals surface area contributed by atoms with Crippen molar-refractivity contribution in [1.29, 1.82) is 0 Å². The molecule has 0 bridgehead atoms. The molecule has 2 aromatic heterocycles. The second-order valence-corrected chi connectivity index (χ2v) is 6.52. The number of thioether (sulfide) groups is 1. The number of hydrogen-bond donors (Lipinski definition) is 2. The Hall–Kier alpha value is -2.16. The third kappa shape index (κ3) is 6.69. The highest BCUT2D eigenvalue weighted by molar-refractivity contribution is 7.99. The number of aromatic nitrogens is 4. The normalized spacial score (nSPS) is 10.8. The van der Waals surface area contributed by atoms with Crippen molar-refractivity contribution in [3.8, 4) is 0 Å². The molecule has 0 radical (unpaired) electrons. The van der Waals surface area contributed by atoms with Gasteiger partial charge >= 0.3 is 5.97 Å². The van der Waals surface area contributed by atoms with Gasteiger partial charge in [-0.25, -0.2) is 15.0 Å². The lowest BCUT2D eigenvalue weighted by Gasteiger charge is -2.06. The molecule has 0 atom stereocenters. The van der Waals surface area contributed by atoms with E-state index < -0.39 is 0 Å². The highest BCUT2D eigenvalue weighted by Crippen LogP contribution is 2.22. The molecule has 0 aliphatic rings. The molecule has 136 valence electrons. The molecule has 2 N–H and O–H groups in total. The quantitative estimate of drug-likeness (QED) is 0.271. The first-order valence-electron chi connectivity index (χ1n) is 8.40. The molecule has 1 amide bonds. The average molecular weight is 365 g/mol. The van der Waals surface area contributed by atoms with Crippen LogP contribution in [-0.2, 0) is 14.3 Å². The van der Waals surface area contributed by atoms with Crippen LogP contribution in [0.1, 0.15) is 39.0 Å². The number of ether oxygens (including phenoxy) is 1. The maximum atomic E-state index is 11.7. The topological polar surface area (TPSA) is 110 Å². The van der Waals surface area contributed by atoms with E-state index in [0.717, 1.165) is 42.0 Å². The van der Waals surface area contributed by atoms with Gasteiger partial charge in [-0.3, -0.25) is 9.59 Å². The molecule has 0 saturated heterocycles. The number of fused-ring (bicyclic) bond motifs is 1. The van der Waals surface area contributed by atoms with Gasteiger partial charge < -0.3 is 15.0 Å². The van der Waals surface area contributed by atoms with Crippen molar-refractivity contribution < 1.29 is 14.3 Å². The van der Waals surface area contributed by atoms with E-state index in [9.17, 15) is 9.59 Å². The molecule has 8 nitrogen and oxygen atoms in total. The van der Waals surface area contributed by atoms with Gasteiger partial charge in [0.05, 0.1) is 12.9 Å². The Kier molecular flexibility index (Phi) is 8.17. The summed E-state index contributed by atoms with van der Waals surface area (Å²) in [6.07, 6.45) is 6.93. The van der Waals surface area contributed by atoms with Crippen LogP contribution in [-0.4, -0.2) is 50.7 Å². The van der Waals surface area contributed by atoms with Crippen molar-refractivity contribution in [2.75, 3.05) is 18.9 Å². The van der Waals surface area contributed by atoms with Crippen LogP contribution in [0.2, 0.25) is 0 Å². The van der Waals surface area contributed by atoms with Crippen molar-refractivity contribution in [3.63, 3.8) is 0 Å². The zero-order valence-electron chi connectivity index (χ0n) is 14.3. The zero-order valence-corrected chi connectivity index (χ0v) is 15.1. The maximum Gasteiger partial charge on any atom is 0.325 e. The van der Waals surface area contributed by atoms with E-state index in [-0.39, 0.29) is 18.4 Å². The first-order valence-corrected chi connectivity index (χ1v) is 9.38. The van der Waals surface area contributed by atoms with E-state index >= 15 is 0 Å². The Labute approximate surface area is 150 Å². The van der Waals surface area contributed by atoms with E-state index in [1.54, 1.807) is 18.1 Å². The molecule has 2 aromatic rings. The minimum absolute atomic E-state index is 0.0595. The van der Waals surface area contributed by atoms with Crippen LogP contribution in [0.15, 0.2) is 17.7 Å². The number of hydrogen-bond acceptors (Lipinski definition) is 7. The summed E-state index contributed by atoms with van der Waals surface area (Å²) in [5.41, 5.74) is 1.49. The lowest BCUT2D eigenvalue weighted by Crippen LogP contribution is -2.30. The fourth-order valence-electron chi connectivity index (χ4n) is 2.05. The highest BCUT2D eigenvalue weighted by Gasteiger charge is 2.08. The van der Waals surface area contributed by atoms with Crippen molar-refractivity contribution in [2.45, 2.75) is 44.1 Å². The van der Waals surface area contributed by atoms with Crippen molar-refractivity contribution >= 4 is 34.8 Å². The van der Waals surface area contributed by atoms with Crippen LogP contribution >= 0.6 is 11.8 Å². The summed E-state index contributed by atoms with van der Waals surface area (Å²) < 4.78 is 4.98. The van der Waals surface area contributed by atoms with Gasteiger partial charge in [0.1, 0.15) is 23.4 Å². The molecule has 0 saturated carbocycles. The predicted octanol–water partition coefficient (Wildman–Crippen LogP) is 2.07. The number of esters is 1. The SMILES string of the molecule is CCCCOC(=O)CNC(=O)CCCCSc1ncnc2nc[nH]c12. The van der Waals surface area contributed by atoms with E-state index in [4.69, 9.17) is 4.74 Å². The molecule has 0 aliphatic heterocycles. The van der Waals surface area contributed by atoms with Gasteiger partial charge in [-0.15, -0.1) is 11.8 Å². The number of amides is 1. The number of nitrogens with one attached hydrogen (secondary N) is 2. The maximum absolute atomic E-state index is 11.7. The van der Waals surface area contributed by atoms with Crippen molar-refractivity contribution in [3.05, 3.63) is 12.7 Å². The van der Waals surface area contributed by atoms with E-state index in [2.05, 4.69) is 25.3 Å². The van der Waals surface area contributed by atoms with Crippen LogP contribution in [0.4, 0.5) is 0 Å². The summed E-state index contributed by atoms with van der Waals surface area (Å²) in [4.78, 5) is 38.5. The lowest BCUT2D eigenvalue weighted by molar-refractivity contribution is -0.144. The summed E-state index contributed by atoms with van der Waals surface area (Å²) >= 11 is 1.61. The van der Waals surface area contributed by atoms with Gasteiger partial charge in [0.2, 0.25) is 5.91 Å². The lowest BCUT2D eigenvalue weighted by atomic mass is 10.2. The largest absolute Gasteiger partial charge is 0.464 e. The van der Waals surface area contributed by atoms with Gasteiger partial charge in [0.25, 0.3) is 0 Å². The summed E-state index contributed by atoms with van der Waals surface area (Å²) in [6.45, 7) is 2.38. The van der Waals surface area contributed by atoms with Gasteiger partial charge in [0.15, 0.2) is 5.65 Å². The Morgan fingerprint density at radius 2 is 2.12 bits per heavy atom. The predicted molar refractivity (Wildman–Crippen MR) is 95.1 cm³/mol. The van der Waals surface area contributed by atoms with E-state index in [1.165, 1.54) is 6.33 Å². The highest BCUT2D eigenvalue weighted by atomic mass is 32.2. The molecule has 2 rings (SSSR count). The fraction of sp³-hybridized carbons (Fsp3) is 0.562. The van der Waals surface area contributed by atoms with Gasteiger partial charge in [-0.2, -0.15) is 0 Å². The standard InChI is InChI=1S/C16H23N5O3S/c1-2-3-7-24-13(23)9-17-12(22)6-4-5-8-25-16-14-15(19-10-18-14)20-11-21-16/h10-11H,2-9H2,1H3,(H,17,22)(H,18,19,20,21). The summed E-state index contributed by atoms with van der Waals surface area (Å²) in [7, 11) is 0. The number of unbranched alkanes of at least 4 members (excludes halogenated alkanes) is 2. The Morgan fingerprint density at radius 1 is 1.24 bits per heavy atom. The van der Waals surface area contributed by atoms with Crippen molar-refractivity contribution in [2.24, 2.45) is 0 Å². The summed E-state index contributed by atoms with van der Waals surface area (Å²) in [5, 5.41) is 3.45. The van der Waals surface area contributed by atoms with Crippen LogP contribution in [0.3, 0.4) is 0 Å². The van der Waals surface area contributed by atoms with Crippen LogP contribution in [0.5, 0.6) is 0 Å². The minimum Gasteiger partial charge on any atom is -0.464 e. The fourth-order valence-corrected chi connectivity index (χ4v) is 3.01. The van der Waals surface area contributed by atoms with Crippen LogP contribution < -0.4 is 5.32 Å². The molecule has 0 aromatic carbocycles. The minimum atomic E-state index is -0.385.